The highest BCUT2D eigenvalue weighted by Crippen LogP contribution is 2.35. The van der Waals surface area contributed by atoms with Crippen molar-refractivity contribution in [3.8, 4) is 0 Å². The van der Waals surface area contributed by atoms with Crippen LogP contribution in [0.25, 0.3) is 15.9 Å². The molecule has 0 aliphatic carbocycles. The normalized spacial score (nSPS) is 15.8. The summed E-state index contributed by atoms with van der Waals surface area (Å²) in [6.45, 7) is 8.57. The lowest BCUT2D eigenvalue weighted by atomic mass is 9.96. The maximum absolute atomic E-state index is 4.85. The molecule has 0 amide bonds. The molecule has 3 heteroatoms. The van der Waals surface area contributed by atoms with E-state index in [1.165, 1.54) is 20.8 Å². The molecule has 0 spiro atoms. The average Bonchev–Trinajstić information content (AvgIpc) is 3.06. The largest absolute Gasteiger partial charge is 0.371 e. The fourth-order valence-corrected chi connectivity index (χ4v) is 4.53. The first-order valence-corrected chi connectivity index (χ1v) is 9.39. The first-order chi connectivity index (χ1) is 11.7. The van der Waals surface area contributed by atoms with E-state index in [9.17, 15) is 0 Å². The number of hydrogen-bond donors (Lipinski definition) is 0. The zero-order valence-electron chi connectivity index (χ0n) is 14.0. The van der Waals surface area contributed by atoms with E-state index in [0.717, 1.165) is 37.1 Å². The van der Waals surface area contributed by atoms with Crippen molar-refractivity contribution in [3.05, 3.63) is 71.2 Å². The third-order valence-corrected chi connectivity index (χ3v) is 6.12. The number of thiazole rings is 1. The molecule has 122 valence electrons. The third-order valence-electron chi connectivity index (χ3n) is 4.92. The van der Waals surface area contributed by atoms with E-state index in [-0.39, 0.29) is 0 Å². The van der Waals surface area contributed by atoms with Gasteiger partial charge in [0.1, 0.15) is 0 Å². The summed E-state index contributed by atoms with van der Waals surface area (Å²) in [5.41, 5.74) is 4.82. The fourth-order valence-electron chi connectivity index (χ4n) is 3.39. The zero-order chi connectivity index (χ0) is 16.5. The Bertz CT molecular complexity index is 822. The Labute approximate surface area is 147 Å². The average molecular weight is 334 g/mol. The van der Waals surface area contributed by atoms with Gasteiger partial charge in [-0.2, -0.15) is 0 Å². The number of fused-ring (bicyclic) bond motifs is 1. The number of rotatable bonds is 3. The van der Waals surface area contributed by atoms with Gasteiger partial charge in [-0.1, -0.05) is 48.5 Å². The van der Waals surface area contributed by atoms with Crippen LogP contribution in [-0.4, -0.2) is 23.0 Å². The van der Waals surface area contributed by atoms with Gasteiger partial charge in [-0.3, -0.25) is 0 Å². The van der Waals surface area contributed by atoms with E-state index in [1.54, 1.807) is 0 Å². The highest BCUT2D eigenvalue weighted by molar-refractivity contribution is 7.18. The first kappa shape index (κ1) is 15.4. The lowest BCUT2D eigenvalue weighted by molar-refractivity contribution is 0.299. The van der Waals surface area contributed by atoms with Crippen LogP contribution in [0.1, 0.15) is 34.9 Å². The predicted octanol–water partition coefficient (Wildman–Crippen LogP) is 5.46. The number of aromatic nitrogens is 1. The molecule has 0 unspecified atom stereocenters. The summed E-state index contributed by atoms with van der Waals surface area (Å²) >= 11 is 1.86. The molecule has 1 saturated heterocycles. The molecule has 2 heterocycles. The summed E-state index contributed by atoms with van der Waals surface area (Å²) < 4.78 is 1.30. The highest BCUT2D eigenvalue weighted by Gasteiger charge is 2.24. The van der Waals surface area contributed by atoms with E-state index < -0.39 is 0 Å². The molecule has 0 atom stereocenters. The molecule has 0 radical (unpaired) electrons. The Hall–Kier alpha value is -2.13. The topological polar surface area (TPSA) is 16.1 Å². The highest BCUT2D eigenvalue weighted by atomic mass is 32.1. The monoisotopic (exact) mass is 334 g/mol. The minimum Gasteiger partial charge on any atom is -0.371 e. The van der Waals surface area contributed by atoms with Crippen molar-refractivity contribution in [3.63, 3.8) is 0 Å². The maximum atomic E-state index is 4.85. The van der Waals surface area contributed by atoms with Crippen LogP contribution in [0.3, 0.4) is 0 Å². The van der Waals surface area contributed by atoms with Gasteiger partial charge in [0.25, 0.3) is 0 Å². The van der Waals surface area contributed by atoms with Crippen molar-refractivity contribution in [1.29, 1.82) is 0 Å². The number of nitrogens with zero attached hydrogens (tertiary/aromatic N) is 2. The summed E-state index contributed by atoms with van der Waals surface area (Å²) in [6.07, 6.45) is 2.31. The van der Waals surface area contributed by atoms with Gasteiger partial charge in [-0.25, -0.2) is 4.98 Å². The van der Waals surface area contributed by atoms with Gasteiger partial charge in [0.05, 0.1) is 15.2 Å². The second-order valence-corrected chi connectivity index (χ2v) is 7.66. The van der Waals surface area contributed by atoms with E-state index in [1.807, 2.05) is 11.3 Å². The molecule has 1 aliphatic heterocycles. The SMILES string of the molecule is C=C(c1ccc(C)cc1)N1CCC(c2nc3ccccc3s2)CC1. The van der Waals surface area contributed by atoms with Gasteiger partial charge in [0.15, 0.2) is 0 Å². The summed E-state index contributed by atoms with van der Waals surface area (Å²) in [5, 5.41) is 1.30. The van der Waals surface area contributed by atoms with Crippen LogP contribution in [0.5, 0.6) is 0 Å². The van der Waals surface area contributed by atoms with Crippen molar-refractivity contribution in [2.24, 2.45) is 0 Å². The Morgan fingerprint density at radius 3 is 2.50 bits per heavy atom. The number of likely N-dealkylation sites (tertiary alicyclic amines) is 1. The van der Waals surface area contributed by atoms with E-state index >= 15 is 0 Å². The number of para-hydroxylation sites is 1. The maximum Gasteiger partial charge on any atom is 0.0970 e. The number of piperidine rings is 1. The summed E-state index contributed by atoms with van der Waals surface area (Å²) in [6, 6.07) is 17.1. The van der Waals surface area contributed by atoms with E-state index in [2.05, 4.69) is 66.9 Å². The van der Waals surface area contributed by atoms with Crippen LogP contribution in [0.4, 0.5) is 0 Å². The van der Waals surface area contributed by atoms with E-state index in [4.69, 9.17) is 4.98 Å². The molecule has 2 nitrogen and oxygen atoms in total. The van der Waals surface area contributed by atoms with Gasteiger partial charge in [0.2, 0.25) is 0 Å². The minimum absolute atomic E-state index is 0.587. The molecule has 1 aliphatic rings. The number of hydrogen-bond acceptors (Lipinski definition) is 3. The Balaban J connectivity index is 1.44. The van der Waals surface area contributed by atoms with Gasteiger partial charge in [0, 0.05) is 24.7 Å². The van der Waals surface area contributed by atoms with Gasteiger partial charge in [-0.05, 0) is 37.5 Å². The molecular formula is C21H22N2S. The third kappa shape index (κ3) is 2.96. The van der Waals surface area contributed by atoms with Gasteiger partial charge in [-0.15, -0.1) is 11.3 Å². The van der Waals surface area contributed by atoms with Crippen LogP contribution in [0.15, 0.2) is 55.1 Å². The summed E-state index contributed by atoms with van der Waals surface area (Å²) in [7, 11) is 0. The van der Waals surface area contributed by atoms with Crippen molar-refractivity contribution in [2.75, 3.05) is 13.1 Å². The summed E-state index contributed by atoms with van der Waals surface area (Å²) in [5.74, 6) is 0.587. The van der Waals surface area contributed by atoms with Crippen molar-refractivity contribution in [1.82, 2.24) is 9.88 Å². The lowest BCUT2D eigenvalue weighted by Gasteiger charge is -2.34. The van der Waals surface area contributed by atoms with E-state index in [0.29, 0.717) is 5.92 Å². The van der Waals surface area contributed by atoms with Crippen molar-refractivity contribution >= 4 is 27.3 Å². The first-order valence-electron chi connectivity index (χ1n) is 8.57. The number of benzene rings is 2. The Morgan fingerprint density at radius 1 is 1.08 bits per heavy atom. The molecule has 0 N–H and O–H groups in total. The fraction of sp³-hybridized carbons (Fsp3) is 0.286. The molecule has 1 aromatic heterocycles. The van der Waals surface area contributed by atoms with Gasteiger partial charge >= 0.3 is 0 Å². The predicted molar refractivity (Wildman–Crippen MR) is 103 cm³/mol. The second-order valence-electron chi connectivity index (χ2n) is 6.59. The van der Waals surface area contributed by atoms with Crippen molar-refractivity contribution in [2.45, 2.75) is 25.7 Å². The smallest absolute Gasteiger partial charge is 0.0970 e. The molecule has 3 aromatic rings. The lowest BCUT2D eigenvalue weighted by Crippen LogP contribution is -2.31. The second kappa shape index (κ2) is 6.40. The molecule has 0 saturated carbocycles. The van der Waals surface area contributed by atoms with Crippen molar-refractivity contribution < 1.29 is 0 Å². The molecule has 2 aromatic carbocycles. The van der Waals surface area contributed by atoms with Gasteiger partial charge < -0.3 is 4.90 Å². The Kier molecular flexibility index (Phi) is 4.11. The molecular weight excluding hydrogens is 312 g/mol. The summed E-state index contributed by atoms with van der Waals surface area (Å²) in [4.78, 5) is 7.28. The minimum atomic E-state index is 0.587. The quantitative estimate of drug-likeness (QED) is 0.632. The Morgan fingerprint density at radius 2 is 1.79 bits per heavy atom. The molecule has 4 rings (SSSR count). The molecule has 0 bridgehead atoms. The standard InChI is InChI=1S/C21H22N2S/c1-15-7-9-17(10-8-15)16(2)23-13-11-18(12-14-23)21-22-19-5-3-4-6-20(19)24-21/h3-10,18H,2,11-14H2,1H3. The molecule has 24 heavy (non-hydrogen) atoms. The zero-order valence-corrected chi connectivity index (χ0v) is 14.9. The van der Waals surface area contributed by atoms with Crippen LogP contribution in [0, 0.1) is 6.92 Å². The van der Waals surface area contributed by atoms with Crippen LogP contribution >= 0.6 is 11.3 Å². The van der Waals surface area contributed by atoms with Crippen LogP contribution in [-0.2, 0) is 0 Å². The van der Waals surface area contributed by atoms with Crippen LogP contribution < -0.4 is 0 Å². The molecule has 1 fully saturated rings. The van der Waals surface area contributed by atoms with Crippen LogP contribution in [0.2, 0.25) is 0 Å². The number of aryl methyl sites for hydroxylation is 1.